The van der Waals surface area contributed by atoms with Gasteiger partial charge in [-0.05, 0) is 11.5 Å². The van der Waals surface area contributed by atoms with Gasteiger partial charge in [0.2, 0.25) is 0 Å². The van der Waals surface area contributed by atoms with E-state index in [2.05, 4.69) is 22.3 Å². The zero-order valence-corrected chi connectivity index (χ0v) is 16.2. The maximum absolute atomic E-state index is 12.3. The molecule has 5 nitrogen and oxygen atoms in total. The molecular formula is C22H19N3O2S. The van der Waals surface area contributed by atoms with Gasteiger partial charge >= 0.3 is 0 Å². The topological polar surface area (TPSA) is 57.0 Å². The summed E-state index contributed by atoms with van der Waals surface area (Å²) in [6, 6.07) is 23.4. The summed E-state index contributed by atoms with van der Waals surface area (Å²) in [5.74, 6) is 1.92. The first-order valence-corrected chi connectivity index (χ1v) is 9.91. The molecule has 1 heterocycles. The highest BCUT2D eigenvalue weighted by Crippen LogP contribution is 2.26. The lowest BCUT2D eigenvalue weighted by molar-refractivity contribution is 0.102. The number of nitrogens with zero attached hydrogens (tertiary/aromatic N) is 3. The number of ether oxygens (including phenoxy) is 1. The molecule has 0 radical (unpaired) electrons. The number of hydrogen-bond acceptors (Lipinski definition) is 5. The molecule has 4 aromatic rings. The summed E-state index contributed by atoms with van der Waals surface area (Å²) in [5.41, 5.74) is 0.705. The van der Waals surface area contributed by atoms with Crippen LogP contribution in [0.1, 0.15) is 16.2 Å². The van der Waals surface area contributed by atoms with Crippen molar-refractivity contribution in [2.75, 3.05) is 5.75 Å². The lowest BCUT2D eigenvalue weighted by Crippen LogP contribution is -2.06. The number of fused-ring (bicyclic) bond motifs is 1. The summed E-state index contributed by atoms with van der Waals surface area (Å²) in [5, 5.41) is 11.3. The van der Waals surface area contributed by atoms with Gasteiger partial charge in [-0.1, -0.05) is 78.5 Å². The summed E-state index contributed by atoms with van der Waals surface area (Å²) in [6.45, 7) is 0.310. The zero-order valence-electron chi connectivity index (χ0n) is 15.4. The number of thioether (sulfide) groups is 1. The van der Waals surface area contributed by atoms with Crippen molar-refractivity contribution in [3.8, 4) is 5.75 Å². The first-order valence-electron chi connectivity index (χ1n) is 8.92. The number of aromatic nitrogens is 3. The Kier molecular flexibility index (Phi) is 5.39. The predicted molar refractivity (Wildman–Crippen MR) is 111 cm³/mol. The van der Waals surface area contributed by atoms with Gasteiger partial charge in [0, 0.05) is 18.0 Å². The predicted octanol–water partition coefficient (Wildman–Crippen LogP) is 4.52. The van der Waals surface area contributed by atoms with Crippen molar-refractivity contribution in [2.24, 2.45) is 7.05 Å². The average Bonchev–Trinajstić information content (AvgIpc) is 3.10. The molecule has 0 N–H and O–H groups in total. The minimum Gasteiger partial charge on any atom is -0.485 e. The maximum atomic E-state index is 12.3. The second-order valence-corrected chi connectivity index (χ2v) is 7.24. The van der Waals surface area contributed by atoms with Gasteiger partial charge in [-0.25, -0.2) is 0 Å². The Morgan fingerprint density at radius 2 is 1.71 bits per heavy atom. The average molecular weight is 389 g/mol. The molecule has 4 rings (SSSR count). The smallest absolute Gasteiger partial charge is 0.191 e. The molecule has 0 aliphatic rings. The monoisotopic (exact) mass is 389 g/mol. The molecule has 0 atom stereocenters. The Bertz CT molecular complexity index is 1100. The molecule has 0 amide bonds. The Hall–Kier alpha value is -3.12. The van der Waals surface area contributed by atoms with E-state index in [1.807, 2.05) is 72.3 Å². The highest BCUT2D eigenvalue weighted by Gasteiger charge is 2.13. The van der Waals surface area contributed by atoms with E-state index in [0.717, 1.165) is 16.5 Å². The van der Waals surface area contributed by atoms with Crippen molar-refractivity contribution in [3.05, 3.63) is 84.2 Å². The maximum Gasteiger partial charge on any atom is 0.191 e. The van der Waals surface area contributed by atoms with E-state index in [4.69, 9.17) is 4.74 Å². The third-order valence-corrected chi connectivity index (χ3v) is 5.48. The fourth-order valence-corrected chi connectivity index (χ4v) is 3.72. The quantitative estimate of drug-likeness (QED) is 0.343. The number of hydrogen-bond donors (Lipinski definition) is 0. The second-order valence-electron chi connectivity index (χ2n) is 6.30. The summed E-state index contributed by atoms with van der Waals surface area (Å²) < 4.78 is 7.86. The number of carbonyl (C=O) groups is 1. The van der Waals surface area contributed by atoms with Gasteiger partial charge in [0.25, 0.3) is 0 Å². The van der Waals surface area contributed by atoms with Gasteiger partial charge in [0.05, 0.1) is 5.75 Å². The van der Waals surface area contributed by atoms with E-state index in [0.29, 0.717) is 28.9 Å². The molecule has 140 valence electrons. The van der Waals surface area contributed by atoms with E-state index in [1.165, 1.54) is 11.8 Å². The van der Waals surface area contributed by atoms with Crippen LogP contribution in [0.4, 0.5) is 0 Å². The highest BCUT2D eigenvalue weighted by molar-refractivity contribution is 7.99. The third kappa shape index (κ3) is 3.92. The van der Waals surface area contributed by atoms with Crippen LogP contribution in [0.15, 0.2) is 78.0 Å². The van der Waals surface area contributed by atoms with Crippen LogP contribution in [0.2, 0.25) is 0 Å². The minimum atomic E-state index is 0.0714. The minimum absolute atomic E-state index is 0.0714. The van der Waals surface area contributed by atoms with Gasteiger partial charge in [0.1, 0.15) is 12.4 Å². The van der Waals surface area contributed by atoms with Crippen LogP contribution in [-0.4, -0.2) is 26.3 Å². The van der Waals surface area contributed by atoms with Crippen molar-refractivity contribution in [1.82, 2.24) is 14.8 Å². The lowest BCUT2D eigenvalue weighted by Gasteiger charge is -2.09. The molecule has 3 aromatic carbocycles. The van der Waals surface area contributed by atoms with Gasteiger partial charge in [-0.3, -0.25) is 4.79 Å². The number of rotatable bonds is 7. The Morgan fingerprint density at radius 3 is 2.57 bits per heavy atom. The van der Waals surface area contributed by atoms with E-state index < -0.39 is 0 Å². The molecule has 1 aromatic heterocycles. The highest BCUT2D eigenvalue weighted by atomic mass is 32.2. The van der Waals surface area contributed by atoms with Crippen molar-refractivity contribution in [3.63, 3.8) is 0 Å². The van der Waals surface area contributed by atoms with Crippen LogP contribution in [0, 0.1) is 0 Å². The molecule has 0 spiro atoms. The molecule has 0 unspecified atom stereocenters. The van der Waals surface area contributed by atoms with E-state index in [-0.39, 0.29) is 5.78 Å². The van der Waals surface area contributed by atoms with Crippen LogP contribution in [-0.2, 0) is 13.7 Å². The van der Waals surface area contributed by atoms with Gasteiger partial charge in [0.15, 0.2) is 16.8 Å². The SMILES string of the molecule is Cn1c(COc2cccc3ccccc23)nnc1SCC(=O)c1ccccc1. The van der Waals surface area contributed by atoms with Crippen molar-refractivity contribution < 1.29 is 9.53 Å². The molecule has 6 heteroatoms. The molecule has 28 heavy (non-hydrogen) atoms. The normalized spacial score (nSPS) is 10.9. The van der Waals surface area contributed by atoms with Crippen molar-refractivity contribution in [2.45, 2.75) is 11.8 Å². The fraction of sp³-hybridized carbons (Fsp3) is 0.136. The Labute approximate surface area is 167 Å². The van der Waals surface area contributed by atoms with E-state index in [1.54, 1.807) is 0 Å². The second kappa shape index (κ2) is 8.27. The Balaban J connectivity index is 1.41. The summed E-state index contributed by atoms with van der Waals surface area (Å²) in [7, 11) is 1.89. The fourth-order valence-electron chi connectivity index (χ4n) is 2.90. The first kappa shape index (κ1) is 18.3. The van der Waals surface area contributed by atoms with Crippen LogP contribution < -0.4 is 4.74 Å². The van der Waals surface area contributed by atoms with Crippen LogP contribution in [0.25, 0.3) is 10.8 Å². The van der Waals surface area contributed by atoms with Crippen molar-refractivity contribution >= 4 is 28.3 Å². The molecule has 0 aliphatic carbocycles. The largest absolute Gasteiger partial charge is 0.485 e. The Morgan fingerprint density at radius 1 is 0.964 bits per heavy atom. The van der Waals surface area contributed by atoms with Gasteiger partial charge in [-0.15, -0.1) is 10.2 Å². The van der Waals surface area contributed by atoms with Gasteiger partial charge in [-0.2, -0.15) is 0 Å². The van der Waals surface area contributed by atoms with Crippen LogP contribution in [0.5, 0.6) is 5.75 Å². The standard InChI is InChI=1S/C22H19N3O2S/c1-25-21(14-27-20-13-7-11-16-8-5-6-12-18(16)20)23-24-22(25)28-15-19(26)17-9-3-2-4-10-17/h2-13H,14-15H2,1H3. The molecular weight excluding hydrogens is 370 g/mol. The number of ketones is 1. The summed E-state index contributed by atoms with van der Waals surface area (Å²) in [6.07, 6.45) is 0. The van der Waals surface area contributed by atoms with E-state index in [9.17, 15) is 4.79 Å². The van der Waals surface area contributed by atoms with Gasteiger partial charge < -0.3 is 9.30 Å². The summed E-state index contributed by atoms with van der Waals surface area (Å²) in [4.78, 5) is 12.3. The molecule has 0 fully saturated rings. The molecule has 0 aliphatic heterocycles. The number of Topliss-reactive ketones (excluding diaryl/α,β-unsaturated/α-hetero) is 1. The lowest BCUT2D eigenvalue weighted by atomic mass is 10.1. The molecule has 0 bridgehead atoms. The zero-order chi connectivity index (χ0) is 19.3. The molecule has 0 saturated heterocycles. The van der Waals surface area contributed by atoms with Crippen LogP contribution in [0.3, 0.4) is 0 Å². The number of carbonyl (C=O) groups excluding carboxylic acids is 1. The third-order valence-electron chi connectivity index (χ3n) is 4.46. The van der Waals surface area contributed by atoms with E-state index >= 15 is 0 Å². The first-order chi connectivity index (χ1) is 13.7. The number of benzene rings is 3. The molecule has 0 saturated carbocycles. The van der Waals surface area contributed by atoms with Crippen LogP contribution >= 0.6 is 11.8 Å². The van der Waals surface area contributed by atoms with Crippen molar-refractivity contribution in [1.29, 1.82) is 0 Å². The summed E-state index contributed by atoms with van der Waals surface area (Å²) >= 11 is 1.38.